The van der Waals surface area contributed by atoms with Crippen molar-refractivity contribution in [3.05, 3.63) is 59.5 Å². The quantitative estimate of drug-likeness (QED) is 0.571. The van der Waals surface area contributed by atoms with Crippen molar-refractivity contribution < 1.29 is 0 Å². The Kier molecular flexibility index (Phi) is 2.83. The van der Waals surface area contributed by atoms with Gasteiger partial charge in [-0.15, -0.1) is 22.7 Å². The van der Waals surface area contributed by atoms with Crippen LogP contribution in [0.3, 0.4) is 0 Å². The third kappa shape index (κ3) is 2.19. The van der Waals surface area contributed by atoms with Crippen molar-refractivity contribution in [1.82, 2.24) is 0 Å². The van der Waals surface area contributed by atoms with Crippen LogP contribution in [0.2, 0.25) is 0 Å². The van der Waals surface area contributed by atoms with Crippen LogP contribution in [-0.4, -0.2) is 0 Å². The van der Waals surface area contributed by atoms with E-state index in [2.05, 4.69) is 61.5 Å². The van der Waals surface area contributed by atoms with E-state index in [0.717, 1.165) is 0 Å². The summed E-state index contributed by atoms with van der Waals surface area (Å²) in [6, 6.07) is 19.4. The maximum absolute atomic E-state index is 2.22. The summed E-state index contributed by atoms with van der Waals surface area (Å²) >= 11 is 3.72. The van der Waals surface area contributed by atoms with E-state index < -0.39 is 0 Å². The summed E-state index contributed by atoms with van der Waals surface area (Å²) in [6.45, 7) is 2.15. The molecule has 0 aliphatic carbocycles. The van der Waals surface area contributed by atoms with Crippen LogP contribution in [0.25, 0.3) is 20.2 Å². The summed E-state index contributed by atoms with van der Waals surface area (Å²) in [6.07, 6.45) is 0. The summed E-state index contributed by atoms with van der Waals surface area (Å²) in [5.74, 6) is 0. The molecule has 2 aromatic heterocycles. The lowest BCUT2D eigenvalue weighted by Crippen LogP contribution is -1.67. The molecule has 1 aromatic carbocycles. The largest absolute Gasteiger partial charge is 0.140 e. The number of thiophene rings is 2. The predicted octanol–water partition coefficient (Wildman–Crippen LogP) is 5.45. The SMILES string of the molecule is Cc1ccc(-c2ccc(-c3ccccc3)s2)s1. The minimum absolute atomic E-state index is 1.30. The van der Waals surface area contributed by atoms with Gasteiger partial charge in [-0.25, -0.2) is 0 Å². The number of hydrogen-bond acceptors (Lipinski definition) is 2. The molecule has 17 heavy (non-hydrogen) atoms. The van der Waals surface area contributed by atoms with Gasteiger partial charge >= 0.3 is 0 Å². The van der Waals surface area contributed by atoms with E-state index in [0.29, 0.717) is 0 Å². The van der Waals surface area contributed by atoms with Gasteiger partial charge in [0.25, 0.3) is 0 Å². The van der Waals surface area contributed by atoms with Crippen molar-refractivity contribution in [3.8, 4) is 20.2 Å². The molecule has 0 aliphatic heterocycles. The molecule has 0 N–H and O–H groups in total. The van der Waals surface area contributed by atoms with Crippen LogP contribution < -0.4 is 0 Å². The third-order valence-electron chi connectivity index (χ3n) is 2.65. The molecule has 0 saturated carbocycles. The van der Waals surface area contributed by atoms with Crippen molar-refractivity contribution in [1.29, 1.82) is 0 Å². The fourth-order valence-electron chi connectivity index (χ4n) is 1.79. The van der Waals surface area contributed by atoms with Gasteiger partial charge in [0.05, 0.1) is 0 Å². The Bertz CT molecular complexity index is 617. The summed E-state index contributed by atoms with van der Waals surface area (Å²) < 4.78 is 0. The average molecular weight is 256 g/mol. The van der Waals surface area contributed by atoms with Gasteiger partial charge in [-0.3, -0.25) is 0 Å². The lowest BCUT2D eigenvalue weighted by Gasteiger charge is -1.94. The maximum atomic E-state index is 2.22. The Morgan fingerprint density at radius 1 is 0.647 bits per heavy atom. The van der Waals surface area contributed by atoms with E-state index in [1.54, 1.807) is 0 Å². The first kappa shape index (κ1) is 10.8. The highest BCUT2D eigenvalue weighted by Gasteiger charge is 2.05. The second-order valence-corrected chi connectivity index (χ2v) is 6.31. The maximum Gasteiger partial charge on any atom is 0.0449 e. The molecule has 0 amide bonds. The first-order valence-electron chi connectivity index (χ1n) is 5.55. The van der Waals surface area contributed by atoms with Gasteiger partial charge in [-0.2, -0.15) is 0 Å². The summed E-state index contributed by atoms with van der Waals surface area (Å²) in [5, 5.41) is 0. The molecule has 0 radical (unpaired) electrons. The van der Waals surface area contributed by atoms with Crippen molar-refractivity contribution in [3.63, 3.8) is 0 Å². The Morgan fingerprint density at radius 2 is 1.29 bits per heavy atom. The zero-order valence-corrected chi connectivity index (χ0v) is 11.1. The predicted molar refractivity (Wildman–Crippen MR) is 77.8 cm³/mol. The molecule has 0 fully saturated rings. The van der Waals surface area contributed by atoms with Crippen LogP contribution in [0.1, 0.15) is 4.88 Å². The third-order valence-corrected chi connectivity index (χ3v) is 4.98. The van der Waals surface area contributed by atoms with E-state index in [1.807, 2.05) is 22.7 Å². The summed E-state index contributed by atoms with van der Waals surface area (Å²) in [5.41, 5.74) is 1.30. The highest BCUT2D eigenvalue weighted by molar-refractivity contribution is 7.23. The van der Waals surface area contributed by atoms with Gasteiger partial charge < -0.3 is 0 Å². The van der Waals surface area contributed by atoms with E-state index in [4.69, 9.17) is 0 Å². The van der Waals surface area contributed by atoms with Crippen molar-refractivity contribution in [2.45, 2.75) is 6.92 Å². The number of aryl methyl sites for hydroxylation is 1. The van der Waals surface area contributed by atoms with E-state index >= 15 is 0 Å². The average Bonchev–Trinajstić information content (AvgIpc) is 2.98. The van der Waals surface area contributed by atoms with E-state index in [-0.39, 0.29) is 0 Å². The van der Waals surface area contributed by atoms with Gasteiger partial charge in [0.1, 0.15) is 0 Å². The summed E-state index contributed by atoms with van der Waals surface area (Å²) in [4.78, 5) is 5.44. The Morgan fingerprint density at radius 3 is 2.00 bits per heavy atom. The van der Waals surface area contributed by atoms with Crippen LogP contribution in [0, 0.1) is 6.92 Å². The zero-order chi connectivity index (χ0) is 11.7. The van der Waals surface area contributed by atoms with Gasteiger partial charge in [0.2, 0.25) is 0 Å². The molecule has 0 bridgehead atoms. The molecule has 0 saturated heterocycles. The van der Waals surface area contributed by atoms with Gasteiger partial charge in [-0.1, -0.05) is 30.3 Å². The molecule has 0 unspecified atom stereocenters. The normalized spacial score (nSPS) is 10.6. The number of rotatable bonds is 2. The van der Waals surface area contributed by atoms with Crippen molar-refractivity contribution in [2.24, 2.45) is 0 Å². The smallest absolute Gasteiger partial charge is 0.0449 e. The molecule has 2 heterocycles. The molecule has 0 nitrogen and oxygen atoms in total. The summed E-state index contributed by atoms with van der Waals surface area (Å²) in [7, 11) is 0. The standard InChI is InChI=1S/C15H12S2/c1-11-7-8-14(16-11)15-10-9-13(17-15)12-5-3-2-4-6-12/h2-10H,1H3. The van der Waals surface area contributed by atoms with Crippen molar-refractivity contribution >= 4 is 22.7 Å². The minimum Gasteiger partial charge on any atom is -0.140 e. The highest BCUT2D eigenvalue weighted by Crippen LogP contribution is 2.37. The molecule has 0 atom stereocenters. The van der Waals surface area contributed by atoms with Crippen LogP contribution in [0.5, 0.6) is 0 Å². The Balaban J connectivity index is 1.99. The fourth-order valence-corrected chi connectivity index (χ4v) is 3.76. The van der Waals surface area contributed by atoms with Gasteiger partial charge in [0, 0.05) is 19.5 Å². The minimum atomic E-state index is 1.30. The molecular formula is C15H12S2. The van der Waals surface area contributed by atoms with Gasteiger partial charge in [-0.05, 0) is 36.8 Å². The molecular weight excluding hydrogens is 244 g/mol. The Hall–Kier alpha value is -1.38. The first-order valence-corrected chi connectivity index (χ1v) is 7.18. The van der Waals surface area contributed by atoms with Crippen LogP contribution in [-0.2, 0) is 0 Å². The van der Waals surface area contributed by atoms with E-state index in [9.17, 15) is 0 Å². The molecule has 3 rings (SSSR count). The molecule has 0 spiro atoms. The van der Waals surface area contributed by atoms with Crippen LogP contribution in [0.4, 0.5) is 0 Å². The highest BCUT2D eigenvalue weighted by atomic mass is 32.1. The van der Waals surface area contributed by atoms with Crippen LogP contribution >= 0.6 is 22.7 Å². The monoisotopic (exact) mass is 256 g/mol. The Labute approximate surface area is 109 Å². The second kappa shape index (κ2) is 4.47. The topological polar surface area (TPSA) is 0 Å². The molecule has 0 aliphatic rings. The first-order chi connectivity index (χ1) is 8.33. The molecule has 2 heteroatoms. The van der Waals surface area contributed by atoms with Gasteiger partial charge in [0.15, 0.2) is 0 Å². The lowest BCUT2D eigenvalue weighted by molar-refractivity contribution is 1.64. The lowest BCUT2D eigenvalue weighted by atomic mass is 10.2. The molecule has 3 aromatic rings. The van der Waals surface area contributed by atoms with Crippen LogP contribution in [0.15, 0.2) is 54.6 Å². The van der Waals surface area contributed by atoms with E-state index in [1.165, 1.54) is 25.1 Å². The number of hydrogen-bond donors (Lipinski definition) is 0. The second-order valence-electron chi connectivity index (χ2n) is 3.94. The zero-order valence-electron chi connectivity index (χ0n) is 9.51. The van der Waals surface area contributed by atoms with Crippen molar-refractivity contribution in [2.75, 3.05) is 0 Å². The fraction of sp³-hybridized carbons (Fsp3) is 0.0667. The number of benzene rings is 1. The molecule has 84 valence electrons.